The van der Waals surface area contributed by atoms with E-state index >= 15 is 0 Å². The van der Waals surface area contributed by atoms with Crippen molar-refractivity contribution in [2.75, 3.05) is 0 Å². The maximum atomic E-state index is 13.1. The van der Waals surface area contributed by atoms with Crippen molar-refractivity contribution in [3.05, 3.63) is 44.4 Å². The zero-order valence-electron chi connectivity index (χ0n) is 8.04. The third-order valence-electron chi connectivity index (χ3n) is 1.62. The highest BCUT2D eigenvalue weighted by molar-refractivity contribution is 6.32. The summed E-state index contributed by atoms with van der Waals surface area (Å²) in [6.45, 7) is 1.53. The number of rotatable bonds is 3. The molecule has 0 aromatic heterocycles. The fraction of sp³-hybridized carbons (Fsp3) is 0.111. The minimum atomic E-state index is -1.02. The van der Waals surface area contributed by atoms with Crippen LogP contribution < -0.4 is 4.74 Å². The Morgan fingerprint density at radius 3 is 2.75 bits per heavy atom. The average Bonchev–Trinajstić information content (AvgIpc) is 2.21. The zero-order valence-corrected chi connectivity index (χ0v) is 9.55. The Balaban J connectivity index is 3.20. The highest BCUT2D eigenvalue weighted by atomic mass is 35.5. The van der Waals surface area contributed by atoms with Crippen molar-refractivity contribution in [1.29, 1.82) is 0 Å². The second-order valence-corrected chi connectivity index (χ2v) is 3.44. The molecule has 0 aliphatic carbocycles. The summed E-state index contributed by atoms with van der Waals surface area (Å²) in [5.74, 6) is -0.761. The van der Waals surface area contributed by atoms with E-state index in [1.165, 1.54) is 6.92 Å². The van der Waals surface area contributed by atoms with Crippen LogP contribution in [0.2, 0.25) is 5.02 Å². The fourth-order valence-electron chi connectivity index (χ4n) is 0.932. The number of allylic oxidation sites excluding steroid dienone is 1. The topological polar surface area (TPSA) is 52.4 Å². The SMILES string of the molecule is CC(=CCl)Oc1cc([N+](=O)[O-])c(F)cc1Cl. The van der Waals surface area contributed by atoms with Gasteiger partial charge in [0.15, 0.2) is 5.75 Å². The van der Waals surface area contributed by atoms with Crippen LogP contribution in [0.25, 0.3) is 0 Å². The lowest BCUT2D eigenvalue weighted by molar-refractivity contribution is -0.387. The summed E-state index contributed by atoms with van der Waals surface area (Å²) < 4.78 is 18.1. The molecule has 0 aliphatic heterocycles. The Labute approximate surface area is 100 Å². The molecule has 1 aromatic rings. The monoisotopic (exact) mass is 265 g/mol. The molecule has 0 spiro atoms. The summed E-state index contributed by atoms with van der Waals surface area (Å²) in [7, 11) is 0. The first-order valence-electron chi connectivity index (χ1n) is 4.04. The lowest BCUT2D eigenvalue weighted by atomic mass is 10.3. The van der Waals surface area contributed by atoms with Gasteiger partial charge in [0.2, 0.25) is 5.82 Å². The van der Waals surface area contributed by atoms with E-state index in [0.717, 1.165) is 17.7 Å². The van der Waals surface area contributed by atoms with E-state index in [-0.39, 0.29) is 16.5 Å². The predicted molar refractivity (Wildman–Crippen MR) is 58.3 cm³/mol. The molecule has 86 valence electrons. The first kappa shape index (κ1) is 12.7. The Kier molecular flexibility index (Phi) is 4.09. The summed E-state index contributed by atoms with van der Waals surface area (Å²) >= 11 is 11.0. The van der Waals surface area contributed by atoms with Gasteiger partial charge < -0.3 is 4.74 Å². The maximum absolute atomic E-state index is 13.1. The number of hydrogen-bond acceptors (Lipinski definition) is 3. The number of nitrogens with zero attached hydrogens (tertiary/aromatic N) is 1. The number of hydrogen-bond donors (Lipinski definition) is 0. The molecule has 0 bridgehead atoms. The van der Waals surface area contributed by atoms with Gasteiger partial charge in [0, 0.05) is 11.6 Å². The van der Waals surface area contributed by atoms with Crippen molar-refractivity contribution in [3.63, 3.8) is 0 Å². The Morgan fingerprint density at radius 2 is 2.25 bits per heavy atom. The van der Waals surface area contributed by atoms with Gasteiger partial charge in [0.25, 0.3) is 0 Å². The van der Waals surface area contributed by atoms with Gasteiger partial charge >= 0.3 is 5.69 Å². The van der Waals surface area contributed by atoms with Crippen LogP contribution in [0.4, 0.5) is 10.1 Å². The van der Waals surface area contributed by atoms with Crippen molar-refractivity contribution in [2.24, 2.45) is 0 Å². The third-order valence-corrected chi connectivity index (χ3v) is 2.23. The second-order valence-electron chi connectivity index (χ2n) is 2.81. The molecule has 0 saturated carbocycles. The van der Waals surface area contributed by atoms with Crippen LogP contribution in [0.1, 0.15) is 6.92 Å². The molecule has 7 heteroatoms. The fourth-order valence-corrected chi connectivity index (χ4v) is 1.17. The van der Waals surface area contributed by atoms with Crippen LogP contribution in [0.15, 0.2) is 23.4 Å². The number of nitro groups is 1. The molecule has 0 aliphatic rings. The Bertz CT molecular complexity index is 462. The zero-order chi connectivity index (χ0) is 12.3. The smallest absolute Gasteiger partial charge is 0.308 e. The quantitative estimate of drug-likeness (QED) is 0.474. The van der Waals surface area contributed by atoms with Gasteiger partial charge in [0.05, 0.1) is 16.0 Å². The molecule has 0 saturated heterocycles. The molecule has 0 heterocycles. The highest BCUT2D eigenvalue weighted by Crippen LogP contribution is 2.32. The minimum Gasteiger partial charge on any atom is -0.459 e. The van der Waals surface area contributed by atoms with Gasteiger partial charge in [-0.15, -0.1) is 0 Å². The summed E-state index contributed by atoms with van der Waals surface area (Å²) in [6, 6.07) is 1.72. The first-order chi connectivity index (χ1) is 7.45. The van der Waals surface area contributed by atoms with Crippen LogP contribution in [-0.2, 0) is 0 Å². The van der Waals surface area contributed by atoms with Crippen LogP contribution in [-0.4, -0.2) is 4.92 Å². The first-order valence-corrected chi connectivity index (χ1v) is 4.85. The van der Waals surface area contributed by atoms with Crippen LogP contribution in [0.5, 0.6) is 5.75 Å². The summed E-state index contributed by atoms with van der Waals surface area (Å²) in [5, 5.41) is 10.4. The second kappa shape index (κ2) is 5.14. The molecular weight excluding hydrogens is 260 g/mol. The van der Waals surface area contributed by atoms with Gasteiger partial charge in [-0.1, -0.05) is 23.2 Å². The Hall–Kier alpha value is -1.33. The van der Waals surface area contributed by atoms with Gasteiger partial charge in [-0.3, -0.25) is 10.1 Å². The lowest BCUT2D eigenvalue weighted by Gasteiger charge is -2.06. The number of nitro benzene ring substituents is 1. The third kappa shape index (κ3) is 2.84. The van der Waals surface area contributed by atoms with Crippen molar-refractivity contribution in [2.45, 2.75) is 6.92 Å². The molecule has 4 nitrogen and oxygen atoms in total. The molecule has 0 amide bonds. The van der Waals surface area contributed by atoms with Crippen molar-refractivity contribution < 1.29 is 14.1 Å². The number of benzene rings is 1. The average molecular weight is 266 g/mol. The van der Waals surface area contributed by atoms with Gasteiger partial charge in [-0.2, -0.15) is 4.39 Å². The molecule has 1 aromatic carbocycles. The molecular formula is C9H6Cl2FNO3. The van der Waals surface area contributed by atoms with E-state index in [1.54, 1.807) is 0 Å². The predicted octanol–water partition coefficient (Wildman–Crippen LogP) is 3.87. The summed E-state index contributed by atoms with van der Waals surface area (Å²) in [5.41, 5.74) is 0.424. The van der Waals surface area contributed by atoms with Gasteiger partial charge in [0.1, 0.15) is 5.76 Å². The van der Waals surface area contributed by atoms with Crippen LogP contribution in [0.3, 0.4) is 0 Å². The van der Waals surface area contributed by atoms with Crippen molar-refractivity contribution >= 4 is 28.9 Å². The summed E-state index contributed by atoms with van der Waals surface area (Å²) in [6.07, 6.45) is 0. The van der Waals surface area contributed by atoms with Gasteiger partial charge in [-0.05, 0) is 6.92 Å². The summed E-state index contributed by atoms with van der Waals surface area (Å²) in [4.78, 5) is 9.60. The van der Waals surface area contributed by atoms with E-state index in [4.69, 9.17) is 27.9 Å². The Morgan fingerprint density at radius 1 is 1.62 bits per heavy atom. The van der Waals surface area contributed by atoms with E-state index < -0.39 is 16.4 Å². The van der Waals surface area contributed by atoms with E-state index in [2.05, 4.69) is 0 Å². The van der Waals surface area contributed by atoms with E-state index in [0.29, 0.717) is 0 Å². The molecule has 16 heavy (non-hydrogen) atoms. The van der Waals surface area contributed by atoms with Crippen molar-refractivity contribution in [1.82, 2.24) is 0 Å². The standard InChI is InChI=1S/C9H6Cl2FNO3/c1-5(4-10)16-9-3-8(13(14)15)7(12)2-6(9)11/h2-4H,1H3. The molecule has 0 N–H and O–H groups in total. The largest absolute Gasteiger partial charge is 0.459 e. The van der Waals surface area contributed by atoms with E-state index in [1.807, 2.05) is 0 Å². The molecule has 0 fully saturated rings. The van der Waals surface area contributed by atoms with Crippen molar-refractivity contribution in [3.8, 4) is 5.75 Å². The molecule has 0 unspecified atom stereocenters. The van der Waals surface area contributed by atoms with Crippen LogP contribution >= 0.6 is 23.2 Å². The maximum Gasteiger partial charge on any atom is 0.308 e. The molecule has 0 radical (unpaired) electrons. The normalized spacial score (nSPS) is 11.4. The minimum absolute atomic E-state index is 0.0239. The number of ether oxygens (including phenoxy) is 1. The lowest BCUT2D eigenvalue weighted by Crippen LogP contribution is -1.96. The molecule has 1 rings (SSSR count). The number of halogens is 3. The van der Waals surface area contributed by atoms with E-state index in [9.17, 15) is 14.5 Å². The highest BCUT2D eigenvalue weighted by Gasteiger charge is 2.18. The van der Waals surface area contributed by atoms with Crippen LogP contribution in [0, 0.1) is 15.9 Å². The van der Waals surface area contributed by atoms with Gasteiger partial charge in [-0.25, -0.2) is 0 Å². The molecule has 0 atom stereocenters.